The van der Waals surface area contributed by atoms with E-state index >= 15 is 0 Å². The van der Waals surface area contributed by atoms with Crippen molar-refractivity contribution in [2.75, 3.05) is 32.8 Å². The van der Waals surface area contributed by atoms with E-state index in [0.29, 0.717) is 11.6 Å². The van der Waals surface area contributed by atoms with Gasteiger partial charge >= 0.3 is 0 Å². The third-order valence-electron chi connectivity index (χ3n) is 5.03. The van der Waals surface area contributed by atoms with Crippen molar-refractivity contribution in [2.45, 2.75) is 24.8 Å². The van der Waals surface area contributed by atoms with E-state index in [1.165, 1.54) is 17.8 Å². The molecule has 2 fully saturated rings. The van der Waals surface area contributed by atoms with Crippen molar-refractivity contribution in [3.8, 4) is 0 Å². The van der Waals surface area contributed by atoms with Crippen molar-refractivity contribution in [1.82, 2.24) is 15.2 Å². The van der Waals surface area contributed by atoms with Crippen LogP contribution in [0.2, 0.25) is 0 Å². The summed E-state index contributed by atoms with van der Waals surface area (Å²) in [5.41, 5.74) is 1.03. The number of carbonyl (C=O) groups is 1. The maximum Gasteiger partial charge on any atom is 0.280 e. The van der Waals surface area contributed by atoms with Gasteiger partial charge in [0.1, 0.15) is 0 Å². The lowest BCUT2D eigenvalue weighted by Gasteiger charge is -2.51. The Morgan fingerprint density at radius 2 is 2.09 bits per heavy atom. The van der Waals surface area contributed by atoms with Crippen LogP contribution in [0.5, 0.6) is 0 Å². The number of ether oxygens (including phenoxy) is 1. The fourth-order valence-electron chi connectivity index (χ4n) is 3.52. The molecule has 1 N–H and O–H groups in total. The van der Waals surface area contributed by atoms with E-state index in [-0.39, 0.29) is 11.4 Å². The van der Waals surface area contributed by atoms with Crippen LogP contribution in [0.3, 0.4) is 0 Å². The number of fused-ring (bicyclic) bond motifs is 1. The molecule has 1 aromatic heterocycles. The van der Waals surface area contributed by atoms with Crippen LogP contribution in [-0.4, -0.2) is 54.2 Å². The predicted molar refractivity (Wildman–Crippen MR) is 90.9 cm³/mol. The summed E-state index contributed by atoms with van der Waals surface area (Å²) in [7, 11) is 0. The first-order valence-electron chi connectivity index (χ1n) is 8.23. The maximum atomic E-state index is 12.5. The second-order valence-electron chi connectivity index (χ2n) is 6.35. The van der Waals surface area contributed by atoms with Gasteiger partial charge in [-0.3, -0.25) is 9.69 Å². The smallest absolute Gasteiger partial charge is 0.280 e. The summed E-state index contributed by atoms with van der Waals surface area (Å²) in [6, 6.07) is 7.88. The zero-order chi connectivity index (χ0) is 15.7. The third-order valence-corrected chi connectivity index (χ3v) is 6.07. The summed E-state index contributed by atoms with van der Waals surface area (Å²) in [6.45, 7) is 4.25. The minimum Gasteiger partial charge on any atom is -0.379 e. The zero-order valence-corrected chi connectivity index (χ0v) is 13.9. The van der Waals surface area contributed by atoms with Gasteiger partial charge < -0.3 is 10.1 Å². The average molecular weight is 331 g/mol. The second-order valence-corrected chi connectivity index (χ2v) is 7.38. The minimum atomic E-state index is -0.0502. The Balaban J connectivity index is 1.43. The molecule has 23 heavy (non-hydrogen) atoms. The number of morpholine rings is 1. The second kappa shape index (κ2) is 6.19. The fourth-order valence-corrected chi connectivity index (χ4v) is 4.40. The number of carbonyl (C=O) groups excluding carboxylic acids is 1. The fraction of sp³-hybridized carbons (Fsp3) is 0.529. The molecule has 122 valence electrons. The van der Waals surface area contributed by atoms with Crippen LogP contribution in [0.15, 0.2) is 24.3 Å². The summed E-state index contributed by atoms with van der Waals surface area (Å²) in [4.78, 5) is 19.4. The molecule has 1 saturated heterocycles. The number of para-hydroxylation sites is 1. The van der Waals surface area contributed by atoms with E-state index < -0.39 is 0 Å². The highest BCUT2D eigenvalue weighted by atomic mass is 32.1. The standard InChI is InChI=1S/C17H21N3O2S/c21-15(16-19-13-4-1-2-5-14(13)23-16)18-12-17(6-3-7-17)20-8-10-22-11-9-20/h1-2,4-5H,3,6-12H2,(H,18,21). The Morgan fingerprint density at radius 1 is 1.30 bits per heavy atom. The van der Waals surface area contributed by atoms with Gasteiger partial charge in [-0.2, -0.15) is 0 Å². The van der Waals surface area contributed by atoms with E-state index in [9.17, 15) is 4.79 Å². The van der Waals surface area contributed by atoms with Gasteiger partial charge in [0, 0.05) is 25.2 Å². The van der Waals surface area contributed by atoms with Gasteiger partial charge in [0.05, 0.1) is 23.4 Å². The largest absolute Gasteiger partial charge is 0.379 e. The Labute approximate surface area is 139 Å². The van der Waals surface area contributed by atoms with Crippen LogP contribution in [0.1, 0.15) is 29.1 Å². The predicted octanol–water partition coefficient (Wildman–Crippen LogP) is 2.28. The number of hydrogen-bond acceptors (Lipinski definition) is 5. The molecule has 0 bridgehead atoms. The van der Waals surface area contributed by atoms with E-state index in [1.807, 2.05) is 24.3 Å². The molecular formula is C17H21N3O2S. The highest BCUT2D eigenvalue weighted by Crippen LogP contribution is 2.37. The number of nitrogens with one attached hydrogen (secondary N) is 1. The van der Waals surface area contributed by atoms with E-state index in [0.717, 1.165) is 49.4 Å². The van der Waals surface area contributed by atoms with E-state index in [4.69, 9.17) is 4.74 Å². The lowest BCUT2D eigenvalue weighted by Crippen LogP contribution is -2.62. The van der Waals surface area contributed by atoms with Crippen LogP contribution < -0.4 is 5.32 Å². The minimum absolute atomic E-state index is 0.0502. The molecule has 6 heteroatoms. The lowest BCUT2D eigenvalue weighted by atomic mass is 9.75. The molecule has 1 saturated carbocycles. The summed E-state index contributed by atoms with van der Waals surface area (Å²) < 4.78 is 6.51. The third kappa shape index (κ3) is 2.86. The van der Waals surface area contributed by atoms with Gasteiger partial charge in [-0.25, -0.2) is 4.98 Å². The molecule has 2 aliphatic rings. The molecular weight excluding hydrogens is 310 g/mol. The van der Waals surface area contributed by atoms with Gasteiger partial charge in [0.25, 0.3) is 5.91 Å². The van der Waals surface area contributed by atoms with Crippen LogP contribution in [0.25, 0.3) is 10.2 Å². The molecule has 1 aliphatic carbocycles. The van der Waals surface area contributed by atoms with Crippen molar-refractivity contribution >= 4 is 27.5 Å². The van der Waals surface area contributed by atoms with Crippen LogP contribution >= 0.6 is 11.3 Å². The van der Waals surface area contributed by atoms with Crippen molar-refractivity contribution in [1.29, 1.82) is 0 Å². The summed E-state index contributed by atoms with van der Waals surface area (Å²) in [5.74, 6) is -0.0502. The van der Waals surface area contributed by atoms with Crippen molar-refractivity contribution in [3.63, 3.8) is 0 Å². The highest BCUT2D eigenvalue weighted by molar-refractivity contribution is 7.20. The normalized spacial score (nSPS) is 21.0. The molecule has 5 nitrogen and oxygen atoms in total. The SMILES string of the molecule is O=C(NCC1(N2CCOCC2)CCC1)c1nc2ccccc2s1. The Hall–Kier alpha value is -1.50. The number of nitrogens with zero attached hydrogens (tertiary/aromatic N) is 2. The molecule has 1 aromatic carbocycles. The lowest BCUT2D eigenvalue weighted by molar-refractivity contribution is -0.0540. The van der Waals surface area contributed by atoms with Gasteiger partial charge in [-0.1, -0.05) is 12.1 Å². The molecule has 4 rings (SSSR count). The van der Waals surface area contributed by atoms with Gasteiger partial charge in [0.15, 0.2) is 5.01 Å². The first-order valence-corrected chi connectivity index (χ1v) is 9.05. The average Bonchev–Trinajstić information content (AvgIpc) is 2.99. The van der Waals surface area contributed by atoms with Crippen LogP contribution in [0, 0.1) is 0 Å². The van der Waals surface area contributed by atoms with E-state index in [1.54, 1.807) is 0 Å². The first kappa shape index (κ1) is 15.1. The van der Waals surface area contributed by atoms with Crippen molar-refractivity contribution in [2.24, 2.45) is 0 Å². The molecule has 0 spiro atoms. The topological polar surface area (TPSA) is 54.5 Å². The monoisotopic (exact) mass is 331 g/mol. The Bertz CT molecular complexity index is 672. The maximum absolute atomic E-state index is 12.5. The molecule has 1 aliphatic heterocycles. The molecule has 0 atom stereocenters. The molecule has 0 unspecified atom stereocenters. The molecule has 2 aromatic rings. The summed E-state index contributed by atoms with van der Waals surface area (Å²) >= 11 is 1.46. The molecule has 2 heterocycles. The Kier molecular flexibility index (Phi) is 4.05. The van der Waals surface area contributed by atoms with Gasteiger partial charge in [-0.05, 0) is 31.4 Å². The van der Waals surface area contributed by atoms with Crippen molar-refractivity contribution < 1.29 is 9.53 Å². The van der Waals surface area contributed by atoms with Crippen LogP contribution in [-0.2, 0) is 4.74 Å². The number of thiazole rings is 1. The molecule has 0 radical (unpaired) electrons. The first-order chi connectivity index (χ1) is 11.3. The van der Waals surface area contributed by atoms with Crippen LogP contribution in [0.4, 0.5) is 0 Å². The van der Waals surface area contributed by atoms with Crippen molar-refractivity contribution in [3.05, 3.63) is 29.3 Å². The zero-order valence-electron chi connectivity index (χ0n) is 13.1. The summed E-state index contributed by atoms with van der Waals surface area (Å²) in [6.07, 6.45) is 3.56. The Morgan fingerprint density at radius 3 is 2.78 bits per heavy atom. The number of amides is 1. The highest BCUT2D eigenvalue weighted by Gasteiger charge is 2.43. The molecule has 1 amide bonds. The van der Waals surface area contributed by atoms with Gasteiger partial charge in [-0.15, -0.1) is 11.3 Å². The van der Waals surface area contributed by atoms with E-state index in [2.05, 4.69) is 15.2 Å². The van der Waals surface area contributed by atoms with Gasteiger partial charge in [0.2, 0.25) is 0 Å². The number of aromatic nitrogens is 1. The number of benzene rings is 1. The quantitative estimate of drug-likeness (QED) is 0.934. The number of hydrogen-bond donors (Lipinski definition) is 1. The summed E-state index contributed by atoms with van der Waals surface area (Å²) in [5, 5.41) is 3.68. The number of rotatable bonds is 4.